The van der Waals surface area contributed by atoms with Crippen molar-refractivity contribution in [2.75, 3.05) is 0 Å². The van der Waals surface area contributed by atoms with Crippen LogP contribution in [0.4, 0.5) is 0 Å². The maximum absolute atomic E-state index is 10.5. The van der Waals surface area contributed by atoms with Gasteiger partial charge in [0.25, 0.3) is 5.89 Å². The third kappa shape index (κ3) is 2.45. The number of rotatable bonds is 3. The van der Waals surface area contributed by atoms with E-state index in [2.05, 4.69) is 15.2 Å². The van der Waals surface area contributed by atoms with Gasteiger partial charge in [0.2, 0.25) is 0 Å². The number of benzene rings is 2. The molecule has 0 radical (unpaired) electrons. The molecule has 4 aromatic rings. The molecule has 0 aliphatic rings. The lowest BCUT2D eigenvalue weighted by Gasteiger charge is -1.98. The lowest BCUT2D eigenvalue weighted by Crippen LogP contribution is -1.81. The zero-order valence-electron chi connectivity index (χ0n) is 12.4. The molecule has 24 heavy (non-hydrogen) atoms. The number of oxazole rings is 1. The molecular formula is C18H12ClN3O2. The van der Waals surface area contributed by atoms with Crippen LogP contribution in [0.5, 0.6) is 5.75 Å². The van der Waals surface area contributed by atoms with Gasteiger partial charge in [0.15, 0.2) is 11.4 Å². The minimum absolute atomic E-state index is 0.00578. The Kier molecular flexibility index (Phi) is 3.55. The van der Waals surface area contributed by atoms with E-state index in [4.69, 9.17) is 16.0 Å². The molecule has 2 aromatic carbocycles. The maximum atomic E-state index is 10.5. The molecule has 0 aliphatic carbocycles. The summed E-state index contributed by atoms with van der Waals surface area (Å²) in [4.78, 5) is 4.39. The van der Waals surface area contributed by atoms with Crippen molar-refractivity contribution in [3.8, 4) is 39.8 Å². The van der Waals surface area contributed by atoms with Gasteiger partial charge in [-0.25, -0.2) is 4.98 Å². The molecule has 0 aliphatic heterocycles. The highest BCUT2D eigenvalue weighted by Gasteiger charge is 2.20. The van der Waals surface area contributed by atoms with Crippen molar-refractivity contribution in [1.82, 2.24) is 15.2 Å². The predicted octanol–water partition coefficient (Wildman–Crippen LogP) is 4.76. The summed E-state index contributed by atoms with van der Waals surface area (Å²) in [6, 6.07) is 16.8. The van der Waals surface area contributed by atoms with Crippen LogP contribution in [0.3, 0.4) is 0 Å². The lowest BCUT2D eigenvalue weighted by atomic mass is 10.1. The average molecular weight is 338 g/mol. The molecular weight excluding hydrogens is 326 g/mol. The Hall–Kier alpha value is -3.05. The Morgan fingerprint density at radius 2 is 1.75 bits per heavy atom. The maximum Gasteiger partial charge on any atom is 0.251 e. The summed E-state index contributed by atoms with van der Waals surface area (Å²) < 4.78 is 5.48. The van der Waals surface area contributed by atoms with Crippen molar-refractivity contribution in [1.29, 1.82) is 0 Å². The molecule has 0 unspecified atom stereocenters. The van der Waals surface area contributed by atoms with Crippen LogP contribution in [0.2, 0.25) is 5.02 Å². The summed E-state index contributed by atoms with van der Waals surface area (Å²) in [7, 11) is 0. The largest absolute Gasteiger partial charge is 0.504 e. The fraction of sp³-hybridized carbons (Fsp3) is 0. The fourth-order valence-electron chi connectivity index (χ4n) is 2.47. The molecule has 0 amide bonds. The van der Waals surface area contributed by atoms with Crippen LogP contribution in [0, 0.1) is 0 Å². The van der Waals surface area contributed by atoms with E-state index in [9.17, 15) is 5.11 Å². The van der Waals surface area contributed by atoms with E-state index in [1.165, 1.54) is 6.26 Å². The Bertz CT molecular complexity index is 992. The molecule has 4 rings (SSSR count). The molecule has 2 heterocycles. The van der Waals surface area contributed by atoms with Crippen LogP contribution in [-0.2, 0) is 0 Å². The number of halogens is 1. The number of hydrogen-bond donors (Lipinski definition) is 2. The number of nitrogens with zero attached hydrogens (tertiary/aromatic N) is 2. The summed E-state index contributed by atoms with van der Waals surface area (Å²) in [5.41, 5.74) is 2.94. The van der Waals surface area contributed by atoms with Crippen molar-refractivity contribution in [3.63, 3.8) is 0 Å². The first kappa shape index (κ1) is 14.5. The second-order valence-corrected chi connectivity index (χ2v) is 5.59. The van der Waals surface area contributed by atoms with Crippen LogP contribution >= 0.6 is 11.6 Å². The van der Waals surface area contributed by atoms with Gasteiger partial charge in [0.05, 0.1) is 5.02 Å². The van der Waals surface area contributed by atoms with Gasteiger partial charge in [0, 0.05) is 11.1 Å². The lowest BCUT2D eigenvalue weighted by molar-refractivity contribution is 0.475. The highest BCUT2D eigenvalue weighted by Crippen LogP contribution is 2.36. The van der Waals surface area contributed by atoms with Crippen molar-refractivity contribution < 1.29 is 9.52 Å². The van der Waals surface area contributed by atoms with Gasteiger partial charge in [-0.2, -0.15) is 5.10 Å². The predicted molar refractivity (Wildman–Crippen MR) is 91.6 cm³/mol. The summed E-state index contributed by atoms with van der Waals surface area (Å²) >= 11 is 6.18. The van der Waals surface area contributed by atoms with E-state index >= 15 is 0 Å². The number of aromatic nitrogens is 3. The number of H-pyrrole nitrogens is 1. The van der Waals surface area contributed by atoms with E-state index in [0.29, 0.717) is 16.4 Å². The van der Waals surface area contributed by atoms with Crippen LogP contribution in [0.15, 0.2) is 65.3 Å². The molecule has 2 aromatic heterocycles. The SMILES string of the molecule is Oc1c(-c2nc(-c3ccccc3Cl)co2)n[nH]c1-c1ccccc1. The number of aromatic hydroxyl groups is 1. The highest BCUT2D eigenvalue weighted by molar-refractivity contribution is 6.33. The fourth-order valence-corrected chi connectivity index (χ4v) is 2.70. The van der Waals surface area contributed by atoms with Crippen LogP contribution in [-0.4, -0.2) is 20.3 Å². The summed E-state index contributed by atoms with van der Waals surface area (Å²) in [6.07, 6.45) is 1.49. The quantitative estimate of drug-likeness (QED) is 0.565. The number of hydrogen-bond acceptors (Lipinski definition) is 4. The van der Waals surface area contributed by atoms with Gasteiger partial charge in [-0.15, -0.1) is 0 Å². The molecule has 0 bridgehead atoms. The van der Waals surface area contributed by atoms with Crippen molar-refractivity contribution in [3.05, 3.63) is 65.9 Å². The molecule has 6 heteroatoms. The minimum atomic E-state index is -0.00578. The molecule has 0 spiro atoms. The van der Waals surface area contributed by atoms with E-state index in [-0.39, 0.29) is 17.3 Å². The van der Waals surface area contributed by atoms with Crippen LogP contribution < -0.4 is 0 Å². The summed E-state index contributed by atoms with van der Waals surface area (Å²) in [5, 5.41) is 18.0. The topological polar surface area (TPSA) is 74.9 Å². The monoisotopic (exact) mass is 337 g/mol. The first-order valence-electron chi connectivity index (χ1n) is 7.27. The van der Waals surface area contributed by atoms with Crippen LogP contribution in [0.25, 0.3) is 34.1 Å². The average Bonchev–Trinajstić information content (AvgIpc) is 3.23. The molecule has 0 atom stereocenters. The summed E-state index contributed by atoms with van der Waals surface area (Å²) in [5.74, 6) is 0.217. The smallest absolute Gasteiger partial charge is 0.251 e. The van der Waals surface area contributed by atoms with E-state index in [0.717, 1.165) is 11.1 Å². The Balaban J connectivity index is 1.74. The Labute approximate surface area is 142 Å². The molecule has 2 N–H and O–H groups in total. The standard InChI is InChI=1S/C18H12ClN3O2/c19-13-9-5-4-8-12(13)14-10-24-18(20-14)16-17(23)15(21-22-16)11-6-2-1-3-7-11/h1-10,23H,(H,21,22). The molecule has 0 saturated heterocycles. The molecule has 0 saturated carbocycles. The highest BCUT2D eigenvalue weighted by atomic mass is 35.5. The molecule has 118 valence electrons. The van der Waals surface area contributed by atoms with Gasteiger partial charge in [-0.05, 0) is 6.07 Å². The number of nitrogens with one attached hydrogen (secondary N) is 1. The van der Waals surface area contributed by atoms with Gasteiger partial charge < -0.3 is 9.52 Å². The van der Waals surface area contributed by atoms with Gasteiger partial charge in [-0.1, -0.05) is 60.1 Å². The van der Waals surface area contributed by atoms with E-state index in [1.807, 2.05) is 48.5 Å². The van der Waals surface area contributed by atoms with Crippen molar-refractivity contribution >= 4 is 11.6 Å². The van der Waals surface area contributed by atoms with Gasteiger partial charge >= 0.3 is 0 Å². The normalized spacial score (nSPS) is 10.9. The third-order valence-corrected chi connectivity index (χ3v) is 3.99. The Morgan fingerprint density at radius 3 is 2.54 bits per heavy atom. The second kappa shape index (κ2) is 5.86. The first-order chi connectivity index (χ1) is 11.7. The third-order valence-electron chi connectivity index (χ3n) is 3.66. The number of aromatic amines is 1. The van der Waals surface area contributed by atoms with Crippen molar-refractivity contribution in [2.45, 2.75) is 0 Å². The zero-order chi connectivity index (χ0) is 16.5. The molecule has 5 nitrogen and oxygen atoms in total. The minimum Gasteiger partial charge on any atom is -0.504 e. The first-order valence-corrected chi connectivity index (χ1v) is 7.65. The van der Waals surface area contributed by atoms with E-state index in [1.54, 1.807) is 6.07 Å². The summed E-state index contributed by atoms with van der Waals surface area (Å²) in [6.45, 7) is 0. The Morgan fingerprint density at radius 1 is 1.00 bits per heavy atom. The molecule has 0 fully saturated rings. The zero-order valence-corrected chi connectivity index (χ0v) is 13.2. The van der Waals surface area contributed by atoms with Crippen molar-refractivity contribution in [2.24, 2.45) is 0 Å². The van der Waals surface area contributed by atoms with Gasteiger partial charge in [0.1, 0.15) is 17.7 Å². The van der Waals surface area contributed by atoms with Gasteiger partial charge in [-0.3, -0.25) is 5.10 Å². The second-order valence-electron chi connectivity index (χ2n) is 5.18. The van der Waals surface area contributed by atoms with E-state index < -0.39 is 0 Å². The van der Waals surface area contributed by atoms with Crippen LogP contribution in [0.1, 0.15) is 0 Å².